The summed E-state index contributed by atoms with van der Waals surface area (Å²) < 4.78 is 5.72. The monoisotopic (exact) mass is 312 g/mol. The molecule has 2 heterocycles. The van der Waals surface area contributed by atoms with Gasteiger partial charge in [0.25, 0.3) is 0 Å². The van der Waals surface area contributed by atoms with Gasteiger partial charge in [0.1, 0.15) is 17.1 Å². The molecule has 5 aliphatic rings. The summed E-state index contributed by atoms with van der Waals surface area (Å²) in [6.45, 7) is 4.01. The third kappa shape index (κ3) is 1.27. The SMILES string of the molecule is Cc1cc(=O)cc2c3c1C[C@@H]1[C@@H]4C[C@@H](C)[C@@](CC2)(C(=O)O4)[C@]31O. The Kier molecular flexibility index (Phi) is 2.31. The summed E-state index contributed by atoms with van der Waals surface area (Å²) in [6, 6.07) is 3.33. The van der Waals surface area contributed by atoms with Crippen molar-refractivity contribution in [3.05, 3.63) is 44.6 Å². The molecule has 0 radical (unpaired) electrons. The molecule has 1 aromatic rings. The highest BCUT2D eigenvalue weighted by molar-refractivity contribution is 5.83. The van der Waals surface area contributed by atoms with Crippen LogP contribution in [-0.4, -0.2) is 17.2 Å². The minimum absolute atomic E-state index is 0.0143. The summed E-state index contributed by atoms with van der Waals surface area (Å²) in [6.07, 6.45) is 2.55. The van der Waals surface area contributed by atoms with E-state index in [0.717, 1.165) is 28.7 Å². The van der Waals surface area contributed by atoms with Crippen LogP contribution in [0.5, 0.6) is 0 Å². The number of aryl methyl sites for hydroxylation is 2. The minimum Gasteiger partial charge on any atom is -0.461 e. The van der Waals surface area contributed by atoms with Crippen LogP contribution in [0.3, 0.4) is 0 Å². The highest BCUT2D eigenvalue weighted by atomic mass is 16.6. The number of fused-ring (bicyclic) bond motifs is 2. The molecule has 6 rings (SSSR count). The molecule has 3 aliphatic carbocycles. The molecule has 120 valence electrons. The van der Waals surface area contributed by atoms with E-state index in [-0.39, 0.29) is 29.3 Å². The summed E-state index contributed by atoms with van der Waals surface area (Å²) in [7, 11) is 0. The summed E-state index contributed by atoms with van der Waals surface area (Å²) in [5.41, 5.74) is 1.78. The third-order valence-corrected chi connectivity index (χ3v) is 7.08. The van der Waals surface area contributed by atoms with Gasteiger partial charge in [-0.25, -0.2) is 0 Å². The Hall–Kier alpha value is -1.68. The average molecular weight is 312 g/mol. The van der Waals surface area contributed by atoms with Crippen LogP contribution in [-0.2, 0) is 28.0 Å². The van der Waals surface area contributed by atoms with Crippen molar-refractivity contribution in [2.45, 2.75) is 51.2 Å². The van der Waals surface area contributed by atoms with Gasteiger partial charge in [0.2, 0.25) is 0 Å². The maximum Gasteiger partial charge on any atom is 0.315 e. The molecular formula is C19H20O4. The second kappa shape index (κ2) is 3.86. The predicted octanol–water partition coefficient (Wildman–Crippen LogP) is 1.61. The number of ether oxygens (including phenoxy) is 1. The minimum atomic E-state index is -1.16. The highest BCUT2D eigenvalue weighted by Gasteiger charge is 2.75. The van der Waals surface area contributed by atoms with Gasteiger partial charge in [-0.1, -0.05) is 6.92 Å². The van der Waals surface area contributed by atoms with Gasteiger partial charge in [-0.15, -0.1) is 0 Å². The van der Waals surface area contributed by atoms with E-state index in [1.54, 1.807) is 12.1 Å². The first-order chi connectivity index (χ1) is 10.9. The van der Waals surface area contributed by atoms with Crippen molar-refractivity contribution in [2.24, 2.45) is 17.3 Å². The number of esters is 1. The topological polar surface area (TPSA) is 63.6 Å². The normalized spacial score (nSPS) is 42.4. The molecule has 1 spiro atoms. The van der Waals surface area contributed by atoms with Gasteiger partial charge in [-0.3, -0.25) is 9.59 Å². The van der Waals surface area contributed by atoms with E-state index in [9.17, 15) is 14.7 Å². The number of carbonyl (C=O) groups excluding carboxylic acids is 1. The first kappa shape index (κ1) is 13.7. The molecule has 23 heavy (non-hydrogen) atoms. The van der Waals surface area contributed by atoms with Crippen molar-refractivity contribution in [3.63, 3.8) is 0 Å². The molecule has 3 fully saturated rings. The van der Waals surface area contributed by atoms with E-state index in [4.69, 9.17) is 4.74 Å². The average Bonchev–Trinajstić information content (AvgIpc) is 2.73. The van der Waals surface area contributed by atoms with Crippen molar-refractivity contribution in [1.82, 2.24) is 0 Å². The van der Waals surface area contributed by atoms with Crippen LogP contribution >= 0.6 is 0 Å². The van der Waals surface area contributed by atoms with Crippen LogP contribution in [0.4, 0.5) is 0 Å². The third-order valence-electron chi connectivity index (χ3n) is 7.08. The Morgan fingerprint density at radius 2 is 2.09 bits per heavy atom. The van der Waals surface area contributed by atoms with Gasteiger partial charge in [-0.2, -0.15) is 0 Å². The number of carbonyl (C=O) groups is 1. The molecule has 2 saturated heterocycles. The van der Waals surface area contributed by atoms with Crippen LogP contribution in [0, 0.1) is 24.2 Å². The summed E-state index contributed by atoms with van der Waals surface area (Å²) >= 11 is 0. The fourth-order valence-corrected chi connectivity index (χ4v) is 6.11. The van der Waals surface area contributed by atoms with Gasteiger partial charge in [0.15, 0.2) is 5.43 Å². The van der Waals surface area contributed by atoms with Crippen molar-refractivity contribution < 1.29 is 14.6 Å². The molecule has 5 atom stereocenters. The van der Waals surface area contributed by atoms with Crippen molar-refractivity contribution in [2.75, 3.05) is 0 Å². The lowest BCUT2D eigenvalue weighted by atomic mass is 9.47. The van der Waals surface area contributed by atoms with Crippen molar-refractivity contribution in [1.29, 1.82) is 0 Å². The van der Waals surface area contributed by atoms with E-state index in [2.05, 4.69) is 6.92 Å². The Bertz CT molecular complexity index is 829. The molecule has 4 nitrogen and oxygen atoms in total. The molecule has 2 aliphatic heterocycles. The zero-order chi connectivity index (χ0) is 16.1. The summed E-state index contributed by atoms with van der Waals surface area (Å²) in [5.74, 6) is -0.196. The van der Waals surface area contributed by atoms with Crippen LogP contribution < -0.4 is 5.43 Å². The number of rotatable bonds is 0. The zero-order valence-corrected chi connectivity index (χ0v) is 13.4. The van der Waals surface area contributed by atoms with Gasteiger partial charge < -0.3 is 9.84 Å². The largest absolute Gasteiger partial charge is 0.461 e. The lowest BCUT2D eigenvalue weighted by Crippen LogP contribution is -2.70. The maximum absolute atomic E-state index is 12.8. The number of hydrogen-bond donors (Lipinski definition) is 1. The second-order valence-electron chi connectivity index (χ2n) is 7.88. The predicted molar refractivity (Wildman–Crippen MR) is 83.0 cm³/mol. The van der Waals surface area contributed by atoms with Gasteiger partial charge in [-0.05, 0) is 72.9 Å². The van der Waals surface area contributed by atoms with Crippen LogP contribution in [0.25, 0.3) is 0 Å². The summed E-state index contributed by atoms with van der Waals surface area (Å²) in [4.78, 5) is 24.9. The Morgan fingerprint density at radius 1 is 1.30 bits per heavy atom. The lowest BCUT2D eigenvalue weighted by molar-refractivity contribution is -0.274. The molecule has 1 aromatic carbocycles. The van der Waals surface area contributed by atoms with Crippen LogP contribution in [0.2, 0.25) is 0 Å². The second-order valence-corrected chi connectivity index (χ2v) is 7.88. The van der Waals surface area contributed by atoms with E-state index in [1.807, 2.05) is 6.92 Å². The molecule has 0 amide bonds. The maximum atomic E-state index is 12.8. The Labute approximate surface area is 134 Å². The first-order valence-electron chi connectivity index (χ1n) is 8.50. The van der Waals surface area contributed by atoms with Crippen LogP contribution in [0.15, 0.2) is 16.9 Å². The Balaban J connectivity index is 1.92. The first-order valence-corrected chi connectivity index (χ1v) is 8.50. The smallest absolute Gasteiger partial charge is 0.315 e. The fourth-order valence-electron chi connectivity index (χ4n) is 6.11. The molecule has 0 unspecified atom stereocenters. The van der Waals surface area contributed by atoms with E-state index in [1.165, 1.54) is 0 Å². The van der Waals surface area contributed by atoms with Gasteiger partial charge >= 0.3 is 5.97 Å². The quantitative estimate of drug-likeness (QED) is 0.739. The molecule has 0 aromatic heterocycles. The van der Waals surface area contributed by atoms with Crippen LogP contribution in [0.1, 0.15) is 42.0 Å². The highest BCUT2D eigenvalue weighted by Crippen LogP contribution is 2.68. The van der Waals surface area contributed by atoms with Gasteiger partial charge in [0, 0.05) is 5.92 Å². The van der Waals surface area contributed by atoms with Crippen molar-refractivity contribution in [3.8, 4) is 0 Å². The fraction of sp³-hybridized carbons (Fsp3) is 0.579. The van der Waals surface area contributed by atoms with Crippen molar-refractivity contribution >= 4 is 5.97 Å². The molecule has 1 N–H and O–H groups in total. The van der Waals surface area contributed by atoms with E-state index >= 15 is 0 Å². The molecular weight excluding hydrogens is 292 g/mol. The van der Waals surface area contributed by atoms with Gasteiger partial charge in [0.05, 0.1) is 0 Å². The molecule has 1 saturated carbocycles. The zero-order valence-electron chi connectivity index (χ0n) is 13.4. The standard InChI is InChI=1S/C19H20O4/c1-9-5-12(20)7-11-3-4-18-10(2)6-15(23-17(18)21)14-8-13(9)16(11)19(14,18)22/h5,7,10,14-15,22H,3-4,6,8H2,1-2H3/t10-,14-,15+,18+,19-/m1/s1. The number of hydrogen-bond acceptors (Lipinski definition) is 4. The summed E-state index contributed by atoms with van der Waals surface area (Å²) in [5, 5.41) is 11.9. The molecule has 4 heteroatoms. The lowest BCUT2D eigenvalue weighted by Gasteiger charge is -2.62. The Morgan fingerprint density at radius 3 is 2.83 bits per heavy atom. The number of aliphatic hydroxyl groups is 1. The molecule has 2 bridgehead atoms. The van der Waals surface area contributed by atoms with E-state index < -0.39 is 11.0 Å². The van der Waals surface area contributed by atoms with E-state index in [0.29, 0.717) is 19.3 Å².